The van der Waals surface area contributed by atoms with E-state index in [0.29, 0.717) is 24.3 Å². The maximum absolute atomic E-state index is 11.7. The van der Waals surface area contributed by atoms with Crippen LogP contribution in [0.25, 0.3) is 0 Å². The summed E-state index contributed by atoms with van der Waals surface area (Å²) in [5, 5.41) is 2.77. The van der Waals surface area contributed by atoms with Crippen molar-refractivity contribution in [1.29, 1.82) is 0 Å². The molecule has 6 heteroatoms. The number of nitrogens with one attached hydrogen (secondary N) is 1. The molecule has 0 heterocycles. The van der Waals surface area contributed by atoms with Crippen molar-refractivity contribution in [3.8, 4) is 0 Å². The Kier molecular flexibility index (Phi) is 5.35. The molecule has 0 spiro atoms. The van der Waals surface area contributed by atoms with E-state index in [1.54, 1.807) is 31.2 Å². The molecule has 0 unspecified atom stereocenters. The highest BCUT2D eigenvalue weighted by molar-refractivity contribution is 7.92. The number of hydrogen-bond donors (Lipinski definition) is 1. The van der Waals surface area contributed by atoms with Gasteiger partial charge >= 0.3 is 0 Å². The minimum absolute atomic E-state index is 0.143. The zero-order valence-corrected chi connectivity index (χ0v) is 12.3. The van der Waals surface area contributed by atoms with Crippen LogP contribution >= 0.6 is 0 Å². The molecular weight excluding hydrogens is 264 g/mol. The number of nitrogens with zero attached hydrogens (tertiary/aromatic N) is 1. The first-order chi connectivity index (χ1) is 8.90. The summed E-state index contributed by atoms with van der Waals surface area (Å²) < 4.78 is 24.4. The third kappa shape index (κ3) is 4.24. The third-order valence-corrected chi connectivity index (χ3v) is 3.91. The van der Waals surface area contributed by atoms with Gasteiger partial charge in [0.2, 0.25) is 10.0 Å². The van der Waals surface area contributed by atoms with E-state index in [0.717, 1.165) is 6.42 Å². The Bertz CT molecular complexity index is 523. The Labute approximate surface area is 114 Å². The largest absolute Gasteiger partial charge is 0.352 e. The summed E-state index contributed by atoms with van der Waals surface area (Å²) in [5.74, 6) is -0.143. The van der Waals surface area contributed by atoms with Crippen LogP contribution in [0.1, 0.15) is 30.6 Å². The molecule has 19 heavy (non-hydrogen) atoms. The van der Waals surface area contributed by atoms with Gasteiger partial charge in [-0.2, -0.15) is 0 Å². The second kappa shape index (κ2) is 6.56. The van der Waals surface area contributed by atoms with Crippen molar-refractivity contribution < 1.29 is 13.2 Å². The van der Waals surface area contributed by atoms with Gasteiger partial charge in [-0.05, 0) is 37.6 Å². The molecule has 0 saturated heterocycles. The van der Waals surface area contributed by atoms with Crippen LogP contribution in [-0.2, 0) is 10.0 Å². The Hall–Kier alpha value is -1.56. The maximum atomic E-state index is 11.7. The minimum Gasteiger partial charge on any atom is -0.352 e. The van der Waals surface area contributed by atoms with Crippen LogP contribution in [0.4, 0.5) is 5.69 Å². The molecule has 1 aromatic carbocycles. The number of carbonyl (C=O) groups excluding carboxylic acids is 1. The van der Waals surface area contributed by atoms with E-state index in [2.05, 4.69) is 5.32 Å². The van der Waals surface area contributed by atoms with Gasteiger partial charge in [-0.15, -0.1) is 0 Å². The highest BCUT2D eigenvalue weighted by Gasteiger charge is 2.15. The molecule has 0 aliphatic rings. The minimum atomic E-state index is -3.28. The first kappa shape index (κ1) is 15.5. The quantitative estimate of drug-likeness (QED) is 0.863. The molecule has 0 atom stereocenters. The molecule has 1 N–H and O–H groups in total. The van der Waals surface area contributed by atoms with Crippen molar-refractivity contribution in [2.24, 2.45) is 0 Å². The van der Waals surface area contributed by atoms with E-state index < -0.39 is 10.0 Å². The van der Waals surface area contributed by atoms with Gasteiger partial charge in [0.05, 0.1) is 11.9 Å². The second-order valence-electron chi connectivity index (χ2n) is 4.23. The highest BCUT2D eigenvalue weighted by Crippen LogP contribution is 2.17. The lowest BCUT2D eigenvalue weighted by Crippen LogP contribution is -2.29. The van der Waals surface area contributed by atoms with E-state index >= 15 is 0 Å². The number of rotatable bonds is 6. The number of carbonyl (C=O) groups is 1. The third-order valence-electron chi connectivity index (χ3n) is 2.64. The number of anilines is 1. The summed E-state index contributed by atoms with van der Waals surface area (Å²) in [6.07, 6.45) is 2.04. The van der Waals surface area contributed by atoms with Crippen LogP contribution in [0.2, 0.25) is 0 Å². The predicted octanol–water partition coefficient (Wildman–Crippen LogP) is 1.61. The number of benzene rings is 1. The van der Waals surface area contributed by atoms with Crippen LogP contribution in [0.5, 0.6) is 0 Å². The Morgan fingerprint density at radius 3 is 2.21 bits per heavy atom. The van der Waals surface area contributed by atoms with Gasteiger partial charge in [-0.1, -0.05) is 6.92 Å². The zero-order valence-electron chi connectivity index (χ0n) is 11.5. The van der Waals surface area contributed by atoms with Crippen molar-refractivity contribution in [1.82, 2.24) is 5.32 Å². The van der Waals surface area contributed by atoms with E-state index in [1.165, 1.54) is 10.6 Å². The van der Waals surface area contributed by atoms with E-state index in [-0.39, 0.29) is 5.91 Å². The lowest BCUT2D eigenvalue weighted by atomic mass is 10.2. The predicted molar refractivity (Wildman–Crippen MR) is 76.9 cm³/mol. The lowest BCUT2D eigenvalue weighted by molar-refractivity contribution is 0.0953. The Balaban J connectivity index is 2.90. The fourth-order valence-corrected chi connectivity index (χ4v) is 2.70. The highest BCUT2D eigenvalue weighted by atomic mass is 32.2. The smallest absolute Gasteiger partial charge is 0.251 e. The summed E-state index contributed by atoms with van der Waals surface area (Å²) >= 11 is 0. The van der Waals surface area contributed by atoms with Crippen LogP contribution < -0.4 is 9.62 Å². The molecular formula is C13H20N2O3S. The average Bonchev–Trinajstić information content (AvgIpc) is 2.36. The van der Waals surface area contributed by atoms with Gasteiger partial charge in [-0.3, -0.25) is 9.10 Å². The van der Waals surface area contributed by atoms with Gasteiger partial charge in [0, 0.05) is 18.7 Å². The van der Waals surface area contributed by atoms with Crippen molar-refractivity contribution in [3.63, 3.8) is 0 Å². The normalized spacial score (nSPS) is 11.1. The fourth-order valence-electron chi connectivity index (χ4n) is 1.73. The summed E-state index contributed by atoms with van der Waals surface area (Å²) in [5.41, 5.74) is 1.10. The van der Waals surface area contributed by atoms with Crippen LogP contribution in [0, 0.1) is 0 Å². The Morgan fingerprint density at radius 2 is 1.79 bits per heavy atom. The van der Waals surface area contributed by atoms with Gasteiger partial charge in [0.25, 0.3) is 5.91 Å². The zero-order chi connectivity index (χ0) is 14.5. The fraction of sp³-hybridized carbons (Fsp3) is 0.462. The number of sulfonamides is 1. The van der Waals surface area contributed by atoms with Gasteiger partial charge < -0.3 is 5.32 Å². The molecule has 1 amide bonds. The number of amides is 1. The van der Waals surface area contributed by atoms with Crippen molar-refractivity contribution in [2.45, 2.75) is 20.3 Å². The molecule has 5 nitrogen and oxygen atoms in total. The SMILES string of the molecule is CCCNC(=O)c1ccc(N(CC)S(C)(=O)=O)cc1. The summed E-state index contributed by atoms with van der Waals surface area (Å²) in [7, 11) is -3.28. The topological polar surface area (TPSA) is 66.5 Å². The molecule has 106 valence electrons. The average molecular weight is 284 g/mol. The number of hydrogen-bond acceptors (Lipinski definition) is 3. The second-order valence-corrected chi connectivity index (χ2v) is 6.14. The van der Waals surface area contributed by atoms with Crippen LogP contribution in [0.15, 0.2) is 24.3 Å². The van der Waals surface area contributed by atoms with E-state index in [9.17, 15) is 13.2 Å². The summed E-state index contributed by atoms with van der Waals surface area (Å²) in [6, 6.07) is 6.55. The van der Waals surface area contributed by atoms with Gasteiger partial charge in [0.15, 0.2) is 0 Å². The van der Waals surface area contributed by atoms with Crippen LogP contribution in [0.3, 0.4) is 0 Å². The molecule has 0 aliphatic carbocycles. The molecule has 0 aliphatic heterocycles. The van der Waals surface area contributed by atoms with Crippen molar-refractivity contribution in [2.75, 3.05) is 23.7 Å². The van der Waals surface area contributed by atoms with Gasteiger partial charge in [0.1, 0.15) is 0 Å². The Morgan fingerprint density at radius 1 is 1.21 bits per heavy atom. The van der Waals surface area contributed by atoms with Crippen molar-refractivity contribution >= 4 is 21.6 Å². The molecule has 1 rings (SSSR count). The van der Waals surface area contributed by atoms with Crippen molar-refractivity contribution in [3.05, 3.63) is 29.8 Å². The van der Waals surface area contributed by atoms with Crippen LogP contribution in [-0.4, -0.2) is 33.7 Å². The van der Waals surface area contributed by atoms with E-state index in [1.807, 2.05) is 6.92 Å². The molecule has 1 aromatic rings. The first-order valence-electron chi connectivity index (χ1n) is 6.26. The first-order valence-corrected chi connectivity index (χ1v) is 8.11. The molecule has 0 aromatic heterocycles. The molecule has 0 saturated carbocycles. The van der Waals surface area contributed by atoms with E-state index in [4.69, 9.17) is 0 Å². The maximum Gasteiger partial charge on any atom is 0.251 e. The molecule has 0 bridgehead atoms. The summed E-state index contributed by atoms with van der Waals surface area (Å²) in [6.45, 7) is 4.74. The molecule has 0 radical (unpaired) electrons. The lowest BCUT2D eigenvalue weighted by Gasteiger charge is -2.20. The summed E-state index contributed by atoms with van der Waals surface area (Å²) in [4.78, 5) is 11.7. The molecule has 0 fully saturated rings. The van der Waals surface area contributed by atoms with Gasteiger partial charge in [-0.25, -0.2) is 8.42 Å². The monoisotopic (exact) mass is 284 g/mol. The standard InChI is InChI=1S/C13H20N2O3S/c1-4-10-14-13(16)11-6-8-12(9-7-11)15(5-2)19(3,17)18/h6-9H,4-5,10H2,1-3H3,(H,14,16).